The van der Waals surface area contributed by atoms with Crippen molar-refractivity contribution in [2.75, 3.05) is 37.6 Å². The van der Waals surface area contributed by atoms with Crippen LogP contribution in [0.15, 0.2) is 48.5 Å². The van der Waals surface area contributed by atoms with Crippen molar-refractivity contribution >= 4 is 27.1 Å². The lowest BCUT2D eigenvalue weighted by Gasteiger charge is -2.36. The number of thiophene rings is 1. The third kappa shape index (κ3) is 3.44. The van der Waals surface area contributed by atoms with Crippen molar-refractivity contribution in [3.05, 3.63) is 59.7 Å². The van der Waals surface area contributed by atoms with Crippen molar-refractivity contribution in [3.8, 4) is 5.06 Å². The monoisotopic (exact) mass is 366 g/mol. The average molecular weight is 367 g/mol. The number of benzene rings is 2. The second kappa shape index (κ2) is 7.68. The SMILES string of the molecule is CCc1c(O)sc2cccc(N3CCN(CCc4ccccc4)CC3)c12. The van der Waals surface area contributed by atoms with E-state index < -0.39 is 0 Å². The van der Waals surface area contributed by atoms with E-state index in [0.29, 0.717) is 5.06 Å². The number of fused-ring (bicyclic) bond motifs is 1. The summed E-state index contributed by atoms with van der Waals surface area (Å²) in [6.45, 7) is 7.55. The van der Waals surface area contributed by atoms with Crippen LogP contribution in [0, 0.1) is 0 Å². The molecule has 1 N–H and O–H groups in total. The summed E-state index contributed by atoms with van der Waals surface area (Å²) in [5, 5.41) is 12.0. The van der Waals surface area contributed by atoms with E-state index >= 15 is 0 Å². The van der Waals surface area contributed by atoms with Crippen LogP contribution in [0.25, 0.3) is 10.1 Å². The molecular formula is C22H26N2OS. The molecule has 26 heavy (non-hydrogen) atoms. The first-order valence-electron chi connectivity index (χ1n) is 9.51. The summed E-state index contributed by atoms with van der Waals surface area (Å²) in [6.07, 6.45) is 1.99. The molecule has 1 aromatic heterocycles. The molecule has 4 heteroatoms. The summed E-state index contributed by atoms with van der Waals surface area (Å²) in [4.78, 5) is 5.06. The van der Waals surface area contributed by atoms with Gasteiger partial charge in [0.05, 0.1) is 0 Å². The predicted octanol–water partition coefficient (Wildman–Crippen LogP) is 4.53. The fourth-order valence-electron chi connectivity index (χ4n) is 3.92. The topological polar surface area (TPSA) is 26.7 Å². The first-order chi connectivity index (χ1) is 12.8. The number of nitrogens with zero attached hydrogens (tertiary/aromatic N) is 2. The Hall–Kier alpha value is -2.04. The van der Waals surface area contributed by atoms with E-state index in [1.165, 1.54) is 32.7 Å². The molecule has 0 unspecified atom stereocenters. The molecule has 0 spiro atoms. The zero-order valence-electron chi connectivity index (χ0n) is 15.3. The van der Waals surface area contributed by atoms with E-state index in [2.05, 4.69) is 65.3 Å². The quantitative estimate of drug-likeness (QED) is 0.718. The Morgan fingerprint density at radius 3 is 2.46 bits per heavy atom. The van der Waals surface area contributed by atoms with Gasteiger partial charge in [0.25, 0.3) is 0 Å². The summed E-state index contributed by atoms with van der Waals surface area (Å²) < 4.78 is 1.20. The summed E-state index contributed by atoms with van der Waals surface area (Å²) in [5.41, 5.74) is 3.81. The van der Waals surface area contributed by atoms with Crippen LogP contribution in [0.1, 0.15) is 18.1 Å². The molecule has 0 aliphatic carbocycles. The van der Waals surface area contributed by atoms with Gasteiger partial charge in [-0.1, -0.05) is 54.7 Å². The zero-order valence-corrected chi connectivity index (χ0v) is 16.1. The molecule has 1 aliphatic heterocycles. The molecule has 4 rings (SSSR count). The Labute approximate surface area is 159 Å². The van der Waals surface area contributed by atoms with Crippen molar-refractivity contribution in [1.82, 2.24) is 4.90 Å². The van der Waals surface area contributed by atoms with Gasteiger partial charge in [-0.25, -0.2) is 0 Å². The predicted molar refractivity (Wildman–Crippen MR) is 112 cm³/mol. The van der Waals surface area contributed by atoms with Crippen LogP contribution >= 0.6 is 11.3 Å². The van der Waals surface area contributed by atoms with E-state index in [9.17, 15) is 5.11 Å². The molecule has 136 valence electrons. The van der Waals surface area contributed by atoms with Crippen LogP contribution in [-0.4, -0.2) is 42.7 Å². The molecule has 2 heterocycles. The standard InChI is InChI=1S/C22H26N2OS/c1-2-18-21-19(9-6-10-20(21)26-22(18)25)24-15-13-23(14-16-24)12-11-17-7-4-3-5-8-17/h3-10,25H,2,11-16H2,1H3. The Balaban J connectivity index is 1.44. The molecule has 1 fully saturated rings. The van der Waals surface area contributed by atoms with Gasteiger partial charge < -0.3 is 10.0 Å². The maximum Gasteiger partial charge on any atom is 0.175 e. The first-order valence-corrected chi connectivity index (χ1v) is 10.3. The minimum absolute atomic E-state index is 0.483. The summed E-state index contributed by atoms with van der Waals surface area (Å²) in [7, 11) is 0. The number of anilines is 1. The minimum Gasteiger partial charge on any atom is -0.499 e. The highest BCUT2D eigenvalue weighted by Gasteiger charge is 2.21. The van der Waals surface area contributed by atoms with Crippen LogP contribution in [0.4, 0.5) is 5.69 Å². The number of aromatic hydroxyl groups is 1. The Bertz CT molecular complexity index is 866. The maximum atomic E-state index is 10.3. The number of hydrogen-bond donors (Lipinski definition) is 1. The van der Waals surface area contributed by atoms with E-state index in [-0.39, 0.29) is 0 Å². The zero-order chi connectivity index (χ0) is 17.9. The van der Waals surface area contributed by atoms with Gasteiger partial charge in [0.2, 0.25) is 0 Å². The van der Waals surface area contributed by atoms with Crippen LogP contribution in [0.3, 0.4) is 0 Å². The number of rotatable bonds is 5. The fraction of sp³-hybridized carbons (Fsp3) is 0.364. The van der Waals surface area contributed by atoms with Crippen molar-refractivity contribution < 1.29 is 5.11 Å². The first kappa shape index (κ1) is 17.4. The maximum absolute atomic E-state index is 10.3. The van der Waals surface area contributed by atoms with Crippen molar-refractivity contribution in [2.45, 2.75) is 19.8 Å². The number of piperazine rings is 1. The van der Waals surface area contributed by atoms with Gasteiger partial charge in [-0.05, 0) is 30.5 Å². The lowest BCUT2D eigenvalue weighted by atomic mass is 10.1. The summed E-state index contributed by atoms with van der Waals surface area (Å²) >= 11 is 1.51. The minimum atomic E-state index is 0.483. The molecule has 1 saturated heterocycles. The van der Waals surface area contributed by atoms with Gasteiger partial charge in [-0.3, -0.25) is 4.90 Å². The fourth-order valence-corrected chi connectivity index (χ4v) is 4.97. The van der Waals surface area contributed by atoms with E-state index in [4.69, 9.17) is 0 Å². The molecule has 0 atom stereocenters. The summed E-state index contributed by atoms with van der Waals surface area (Å²) in [5.74, 6) is 0. The van der Waals surface area contributed by atoms with Gasteiger partial charge in [-0.15, -0.1) is 0 Å². The van der Waals surface area contributed by atoms with Gasteiger partial charge >= 0.3 is 0 Å². The van der Waals surface area contributed by atoms with Gasteiger partial charge in [0, 0.05) is 54.1 Å². The lowest BCUT2D eigenvalue weighted by molar-refractivity contribution is 0.261. The highest BCUT2D eigenvalue weighted by atomic mass is 32.1. The highest BCUT2D eigenvalue weighted by molar-refractivity contribution is 7.21. The number of hydrogen-bond acceptors (Lipinski definition) is 4. The van der Waals surface area contributed by atoms with Crippen LogP contribution < -0.4 is 4.90 Å². The molecule has 0 bridgehead atoms. The van der Waals surface area contributed by atoms with Gasteiger partial charge in [-0.2, -0.15) is 0 Å². The van der Waals surface area contributed by atoms with Gasteiger partial charge in [0.15, 0.2) is 5.06 Å². The second-order valence-corrected chi connectivity index (χ2v) is 7.98. The van der Waals surface area contributed by atoms with Gasteiger partial charge in [0.1, 0.15) is 0 Å². The molecule has 0 saturated carbocycles. The Morgan fingerprint density at radius 1 is 0.962 bits per heavy atom. The van der Waals surface area contributed by atoms with Crippen molar-refractivity contribution in [2.24, 2.45) is 0 Å². The molecule has 3 aromatic rings. The molecule has 2 aromatic carbocycles. The van der Waals surface area contributed by atoms with E-state index in [1.807, 2.05) is 0 Å². The van der Waals surface area contributed by atoms with E-state index in [0.717, 1.165) is 51.1 Å². The van der Waals surface area contributed by atoms with E-state index in [1.54, 1.807) is 0 Å². The van der Waals surface area contributed by atoms with Crippen LogP contribution in [-0.2, 0) is 12.8 Å². The summed E-state index contributed by atoms with van der Waals surface area (Å²) in [6, 6.07) is 17.2. The highest BCUT2D eigenvalue weighted by Crippen LogP contribution is 2.42. The molecular weight excluding hydrogens is 340 g/mol. The largest absolute Gasteiger partial charge is 0.499 e. The van der Waals surface area contributed by atoms with Crippen LogP contribution in [0.5, 0.6) is 5.06 Å². The molecule has 0 amide bonds. The lowest BCUT2D eigenvalue weighted by Crippen LogP contribution is -2.47. The smallest absolute Gasteiger partial charge is 0.175 e. The van der Waals surface area contributed by atoms with Crippen molar-refractivity contribution in [1.29, 1.82) is 0 Å². The average Bonchev–Trinajstić information content (AvgIpc) is 3.02. The van der Waals surface area contributed by atoms with Crippen LogP contribution in [0.2, 0.25) is 0 Å². The number of aryl methyl sites for hydroxylation is 1. The Morgan fingerprint density at radius 2 is 1.73 bits per heavy atom. The normalized spacial score (nSPS) is 15.7. The third-order valence-corrected chi connectivity index (χ3v) is 6.40. The Kier molecular flexibility index (Phi) is 5.14. The second-order valence-electron chi connectivity index (χ2n) is 6.95. The third-order valence-electron chi connectivity index (χ3n) is 5.40. The van der Waals surface area contributed by atoms with Crippen molar-refractivity contribution in [3.63, 3.8) is 0 Å². The molecule has 1 aliphatic rings. The molecule has 3 nitrogen and oxygen atoms in total. The molecule has 0 radical (unpaired) electrons.